The molecule has 1 fully saturated rings. The molecular formula is C26H29N4O7S+. The highest BCUT2D eigenvalue weighted by Gasteiger charge is 2.64. The van der Waals surface area contributed by atoms with Crippen molar-refractivity contribution in [2.45, 2.75) is 24.5 Å². The first-order valence-corrected chi connectivity index (χ1v) is 12.9. The molecule has 0 aliphatic heterocycles. The largest absolute Gasteiger partial charge is 0.508 e. The van der Waals surface area contributed by atoms with Crippen LogP contribution in [0.1, 0.15) is 17.5 Å². The average molecular weight is 542 g/mol. The van der Waals surface area contributed by atoms with Gasteiger partial charge in [-0.1, -0.05) is 0 Å². The Kier molecular flexibility index (Phi) is 5.99. The molecule has 0 bridgehead atoms. The Hall–Kier alpha value is -3.58. The van der Waals surface area contributed by atoms with E-state index in [0.29, 0.717) is 21.8 Å². The lowest BCUT2D eigenvalue weighted by Crippen LogP contribution is -2.68. The number of amides is 1. The number of ketones is 2. The van der Waals surface area contributed by atoms with Crippen LogP contribution in [0, 0.1) is 11.8 Å². The summed E-state index contributed by atoms with van der Waals surface area (Å²) >= 11 is 1.30. The van der Waals surface area contributed by atoms with E-state index in [1.54, 1.807) is 31.7 Å². The molecule has 0 spiro atoms. The van der Waals surface area contributed by atoms with E-state index in [2.05, 4.69) is 10.7 Å². The fourth-order valence-corrected chi connectivity index (χ4v) is 6.90. The molecule has 3 aliphatic rings. The number of Topliss-reactive ketones (excluding diaryl/α,β-unsaturated/α-hetero) is 2. The van der Waals surface area contributed by atoms with Crippen LogP contribution in [0.25, 0.3) is 16.3 Å². The molecule has 2 aromatic rings. The van der Waals surface area contributed by atoms with Gasteiger partial charge in [0, 0.05) is 42.9 Å². The lowest BCUT2D eigenvalue weighted by molar-refractivity contribution is -0.299. The number of thiazole rings is 1. The number of benzene rings is 1. The standard InChI is InChI=1S/C26H28N4O7S/c1-29(2)14-9-12(25-28-5-6-38-25)19(31)16-11(14)7-10-8-13-18(30(3)4)21(33)17(24(27)36)23(35)26(13,37)22(34)15(10)20(16)32/h5-6,9-10,13,18,31-32,35,37H,7-8H2,1-4H3,(H2,27,36)/p+1. The van der Waals surface area contributed by atoms with Gasteiger partial charge in [0.2, 0.25) is 5.78 Å². The zero-order valence-corrected chi connectivity index (χ0v) is 22.2. The third-order valence-electron chi connectivity index (χ3n) is 7.87. The van der Waals surface area contributed by atoms with E-state index < -0.39 is 58.0 Å². The monoisotopic (exact) mass is 541 g/mol. The fraction of sp³-hybridized carbons (Fsp3) is 0.385. The first-order chi connectivity index (χ1) is 17.8. The van der Waals surface area contributed by atoms with Gasteiger partial charge in [-0.05, 0) is 44.5 Å². The molecule has 4 atom stereocenters. The summed E-state index contributed by atoms with van der Waals surface area (Å²) in [6.07, 6.45) is 1.87. The van der Waals surface area contributed by atoms with Crippen LogP contribution >= 0.6 is 11.3 Å². The number of phenols is 1. The summed E-state index contributed by atoms with van der Waals surface area (Å²) in [5.41, 5.74) is 1.44. The maximum absolute atomic E-state index is 14.0. The maximum atomic E-state index is 14.0. The number of nitrogens with zero attached hydrogens (tertiary/aromatic N) is 3. The molecule has 1 heterocycles. The highest BCUT2D eigenvalue weighted by atomic mass is 32.1. The molecule has 12 heteroatoms. The molecule has 7 N–H and O–H groups in total. The summed E-state index contributed by atoms with van der Waals surface area (Å²) in [5, 5.41) is 47.8. The van der Waals surface area contributed by atoms with Gasteiger partial charge in [0.1, 0.15) is 16.5 Å². The molecule has 200 valence electrons. The van der Waals surface area contributed by atoms with Gasteiger partial charge in [-0.25, -0.2) is 9.78 Å². The summed E-state index contributed by atoms with van der Waals surface area (Å²) in [5.74, 6) is -6.28. The molecule has 0 radical (unpaired) electrons. The first-order valence-electron chi connectivity index (χ1n) is 12.0. The normalized spacial score (nSPS) is 26.9. The number of aliphatic hydroxyl groups excluding tert-OH is 2. The Morgan fingerprint density at radius 1 is 1.18 bits per heavy atom. The highest BCUT2D eigenvalue weighted by molar-refractivity contribution is 7.13. The van der Waals surface area contributed by atoms with E-state index in [1.807, 2.05) is 19.0 Å². The number of quaternary nitrogens is 1. The quantitative estimate of drug-likeness (QED) is 0.341. The molecule has 3 aliphatic carbocycles. The van der Waals surface area contributed by atoms with Crippen LogP contribution in [0.5, 0.6) is 5.75 Å². The van der Waals surface area contributed by atoms with Gasteiger partial charge < -0.3 is 25.3 Å². The predicted octanol–water partition coefficient (Wildman–Crippen LogP) is 0.437. The Bertz CT molecular complexity index is 1460. The third kappa shape index (κ3) is 3.37. The molecule has 1 saturated carbocycles. The van der Waals surface area contributed by atoms with Gasteiger partial charge in [0.15, 0.2) is 22.7 Å². The van der Waals surface area contributed by atoms with Gasteiger partial charge in [0.25, 0.3) is 0 Å². The number of phenolic OH excluding ortho intramolecular Hbond substituents is 1. The van der Waals surface area contributed by atoms with Crippen LogP contribution < -0.4 is 10.6 Å². The van der Waals surface area contributed by atoms with Crippen molar-refractivity contribution in [3.8, 4) is 16.3 Å². The molecule has 1 aromatic heterocycles. The summed E-state index contributed by atoms with van der Waals surface area (Å²) in [4.78, 5) is 47.1. The van der Waals surface area contributed by atoms with Crippen LogP contribution in [-0.2, 0) is 20.8 Å². The number of rotatable bonds is 4. The van der Waals surface area contributed by atoms with Gasteiger partial charge in [0.05, 0.1) is 17.2 Å². The lowest BCUT2D eigenvalue weighted by atomic mass is 9.57. The zero-order chi connectivity index (χ0) is 27.8. The number of anilines is 1. The molecule has 38 heavy (non-hydrogen) atoms. The number of aliphatic hydroxyl groups is 3. The SMILES string of the molecule is CN(C)c1cc(-c2nccs2)c(O)c2c1CC1CC3C(N(C)C)C(=O)C(C([NH3+])=O)=C(O)C3(O)C(=O)C1=C2O. The van der Waals surface area contributed by atoms with Gasteiger partial charge in [-0.2, -0.15) is 0 Å². The number of hydrogen-bond donors (Lipinski definition) is 5. The second-order valence-corrected chi connectivity index (χ2v) is 11.3. The van der Waals surface area contributed by atoms with E-state index >= 15 is 0 Å². The molecule has 4 unspecified atom stereocenters. The van der Waals surface area contributed by atoms with Crippen LogP contribution in [0.4, 0.5) is 5.69 Å². The van der Waals surface area contributed by atoms with E-state index in [0.717, 1.165) is 0 Å². The fourth-order valence-electron chi connectivity index (χ4n) is 6.24. The van der Waals surface area contributed by atoms with Crippen molar-refractivity contribution < 1.29 is 40.5 Å². The number of aromatic hydroxyl groups is 1. The Morgan fingerprint density at radius 3 is 2.42 bits per heavy atom. The molecule has 5 rings (SSSR count). The van der Waals surface area contributed by atoms with Crippen molar-refractivity contribution in [3.63, 3.8) is 0 Å². The number of carbonyl (C=O) groups is 3. The highest BCUT2D eigenvalue weighted by Crippen LogP contribution is 2.54. The Balaban J connectivity index is 1.78. The van der Waals surface area contributed by atoms with Crippen molar-refractivity contribution in [3.05, 3.63) is 45.7 Å². The van der Waals surface area contributed by atoms with Crippen molar-refractivity contribution in [1.29, 1.82) is 0 Å². The predicted molar refractivity (Wildman–Crippen MR) is 138 cm³/mol. The van der Waals surface area contributed by atoms with E-state index in [1.165, 1.54) is 16.2 Å². The van der Waals surface area contributed by atoms with Crippen LogP contribution in [-0.4, -0.2) is 87.6 Å². The molecule has 1 amide bonds. The van der Waals surface area contributed by atoms with E-state index in [-0.39, 0.29) is 29.7 Å². The minimum absolute atomic E-state index is 0.0519. The van der Waals surface area contributed by atoms with Gasteiger partial charge >= 0.3 is 5.91 Å². The molecule has 0 saturated heterocycles. The van der Waals surface area contributed by atoms with Crippen LogP contribution in [0.15, 0.2) is 34.5 Å². The van der Waals surface area contributed by atoms with E-state index in [4.69, 9.17) is 0 Å². The Morgan fingerprint density at radius 2 is 1.87 bits per heavy atom. The van der Waals surface area contributed by atoms with E-state index in [9.17, 15) is 34.8 Å². The summed E-state index contributed by atoms with van der Waals surface area (Å²) in [6.45, 7) is 0. The van der Waals surface area contributed by atoms with Crippen molar-refractivity contribution in [1.82, 2.24) is 9.88 Å². The summed E-state index contributed by atoms with van der Waals surface area (Å²) in [7, 11) is 6.81. The minimum Gasteiger partial charge on any atom is -0.508 e. The maximum Gasteiger partial charge on any atom is 0.348 e. The lowest BCUT2D eigenvalue weighted by Gasteiger charge is -2.50. The third-order valence-corrected chi connectivity index (χ3v) is 8.68. The average Bonchev–Trinajstić information content (AvgIpc) is 3.35. The first kappa shape index (κ1) is 26.0. The van der Waals surface area contributed by atoms with Crippen molar-refractivity contribution in [2.24, 2.45) is 11.8 Å². The summed E-state index contributed by atoms with van der Waals surface area (Å²) < 4.78 is 0. The topological polar surface area (TPSA) is 179 Å². The minimum atomic E-state index is -2.63. The zero-order valence-electron chi connectivity index (χ0n) is 21.3. The van der Waals surface area contributed by atoms with Crippen molar-refractivity contribution in [2.75, 3.05) is 33.1 Å². The molecule has 1 aromatic carbocycles. The number of hydrogen-bond acceptors (Lipinski definition) is 11. The number of likely N-dealkylation sites (N-methyl/N-ethyl adjacent to an activating group) is 1. The summed E-state index contributed by atoms with van der Waals surface area (Å²) in [6, 6.07) is 0.694. The van der Waals surface area contributed by atoms with Gasteiger partial charge in [-0.3, -0.25) is 20.2 Å². The van der Waals surface area contributed by atoms with Crippen molar-refractivity contribution >= 4 is 40.3 Å². The number of aromatic nitrogens is 1. The van der Waals surface area contributed by atoms with Crippen LogP contribution in [0.2, 0.25) is 0 Å². The number of carbonyl (C=O) groups excluding carboxylic acids is 3. The smallest absolute Gasteiger partial charge is 0.348 e. The number of fused-ring (bicyclic) bond motifs is 3. The second-order valence-electron chi connectivity index (χ2n) is 10.4. The molecule has 11 nitrogen and oxygen atoms in total. The second kappa shape index (κ2) is 8.73. The van der Waals surface area contributed by atoms with Crippen LogP contribution in [0.3, 0.4) is 0 Å². The van der Waals surface area contributed by atoms with Gasteiger partial charge in [-0.15, -0.1) is 11.3 Å². The molecular weight excluding hydrogens is 512 g/mol. The Labute approximate surface area is 222 Å².